The molecule has 0 spiro atoms. The van der Waals surface area contributed by atoms with Crippen LogP contribution in [0.4, 0.5) is 0 Å². The van der Waals surface area contributed by atoms with Crippen LogP contribution in [0.15, 0.2) is 42.0 Å². The topological polar surface area (TPSA) is 29.5 Å². The third kappa shape index (κ3) is 3.43. The fourth-order valence-electron chi connectivity index (χ4n) is 1.86. The molecular weight excluding hydrogens is 214 g/mol. The molecule has 2 rings (SSSR count). The van der Waals surface area contributed by atoms with Crippen molar-refractivity contribution in [3.63, 3.8) is 0 Å². The van der Waals surface area contributed by atoms with E-state index >= 15 is 0 Å². The Balaban J connectivity index is 1.87. The second-order valence-corrected chi connectivity index (χ2v) is 4.32. The van der Waals surface area contributed by atoms with Crippen LogP contribution in [0.1, 0.15) is 12.0 Å². The Morgan fingerprint density at radius 3 is 2.82 bits per heavy atom. The molecule has 1 aromatic rings. The number of carbonyl (C=O) groups excluding carboxylic acids is 1. The summed E-state index contributed by atoms with van der Waals surface area (Å²) in [5, 5.41) is 0. The third-order valence-electron chi connectivity index (χ3n) is 2.82. The minimum atomic E-state index is -0.194. The van der Waals surface area contributed by atoms with Crippen molar-refractivity contribution in [3.8, 4) is 0 Å². The number of hydrogen-bond donors (Lipinski definition) is 0. The summed E-state index contributed by atoms with van der Waals surface area (Å²) in [6, 6.07) is 9.74. The molecule has 0 saturated heterocycles. The molecular formula is C14H17NO2. The van der Waals surface area contributed by atoms with Crippen molar-refractivity contribution >= 4 is 5.97 Å². The van der Waals surface area contributed by atoms with E-state index in [1.807, 2.05) is 43.5 Å². The lowest BCUT2D eigenvalue weighted by molar-refractivity contribution is -0.140. The molecule has 3 heteroatoms. The first kappa shape index (κ1) is 11.9. The van der Waals surface area contributed by atoms with Crippen LogP contribution in [0.25, 0.3) is 0 Å². The van der Waals surface area contributed by atoms with E-state index < -0.39 is 0 Å². The minimum absolute atomic E-state index is 0.194. The highest BCUT2D eigenvalue weighted by molar-refractivity contribution is 5.89. The Bertz CT molecular complexity index is 411. The number of hydrogen-bond acceptors (Lipinski definition) is 3. The molecule has 90 valence electrons. The first-order chi connectivity index (χ1) is 8.25. The summed E-state index contributed by atoms with van der Waals surface area (Å²) in [6.45, 7) is 2.05. The zero-order valence-electron chi connectivity index (χ0n) is 10.1. The van der Waals surface area contributed by atoms with Gasteiger partial charge in [0.25, 0.3) is 0 Å². The van der Waals surface area contributed by atoms with Gasteiger partial charge in [-0.15, -0.1) is 0 Å². The van der Waals surface area contributed by atoms with Gasteiger partial charge < -0.3 is 9.64 Å². The molecule has 0 aliphatic carbocycles. The highest BCUT2D eigenvalue weighted by atomic mass is 16.5. The molecule has 0 N–H and O–H groups in total. The summed E-state index contributed by atoms with van der Waals surface area (Å²) >= 11 is 0. The zero-order valence-corrected chi connectivity index (χ0v) is 10.1. The monoisotopic (exact) mass is 231 g/mol. The molecule has 1 aromatic carbocycles. The van der Waals surface area contributed by atoms with Gasteiger partial charge >= 0.3 is 5.97 Å². The zero-order chi connectivity index (χ0) is 12.1. The summed E-state index contributed by atoms with van der Waals surface area (Å²) in [4.78, 5) is 13.9. The van der Waals surface area contributed by atoms with Gasteiger partial charge in [0.15, 0.2) is 0 Å². The Morgan fingerprint density at radius 2 is 2.12 bits per heavy atom. The van der Waals surface area contributed by atoms with Gasteiger partial charge in [0, 0.05) is 18.7 Å². The number of benzene rings is 1. The van der Waals surface area contributed by atoms with Crippen LogP contribution < -0.4 is 0 Å². The highest BCUT2D eigenvalue weighted by Crippen LogP contribution is 2.10. The first-order valence-corrected chi connectivity index (χ1v) is 5.84. The van der Waals surface area contributed by atoms with Crippen molar-refractivity contribution in [2.75, 3.05) is 20.1 Å². The molecule has 0 amide bonds. The Kier molecular flexibility index (Phi) is 3.94. The van der Waals surface area contributed by atoms with Gasteiger partial charge in [-0.1, -0.05) is 36.4 Å². The van der Waals surface area contributed by atoms with Gasteiger partial charge in [0.05, 0.1) is 0 Å². The molecule has 0 saturated carbocycles. The lowest BCUT2D eigenvalue weighted by Crippen LogP contribution is -2.29. The van der Waals surface area contributed by atoms with Crippen LogP contribution >= 0.6 is 0 Å². The maximum absolute atomic E-state index is 11.8. The smallest absolute Gasteiger partial charge is 0.335 e. The van der Waals surface area contributed by atoms with E-state index in [1.54, 1.807) is 0 Å². The average molecular weight is 231 g/mol. The van der Waals surface area contributed by atoms with Gasteiger partial charge in [-0.2, -0.15) is 0 Å². The van der Waals surface area contributed by atoms with Crippen LogP contribution in [-0.4, -0.2) is 31.0 Å². The number of rotatable bonds is 3. The van der Waals surface area contributed by atoms with E-state index in [-0.39, 0.29) is 5.97 Å². The maximum Gasteiger partial charge on any atom is 0.335 e. The molecule has 1 heterocycles. The van der Waals surface area contributed by atoms with E-state index in [4.69, 9.17) is 4.74 Å². The average Bonchev–Trinajstić information content (AvgIpc) is 2.37. The number of likely N-dealkylation sites (N-methyl/N-ethyl adjacent to an activating group) is 1. The van der Waals surface area contributed by atoms with Crippen molar-refractivity contribution < 1.29 is 9.53 Å². The van der Waals surface area contributed by atoms with Crippen LogP contribution in [0.2, 0.25) is 0 Å². The molecule has 3 nitrogen and oxygen atoms in total. The number of nitrogens with zero attached hydrogens (tertiary/aromatic N) is 1. The molecule has 17 heavy (non-hydrogen) atoms. The third-order valence-corrected chi connectivity index (χ3v) is 2.82. The fraction of sp³-hybridized carbons (Fsp3) is 0.357. The number of carbonyl (C=O) groups is 1. The van der Waals surface area contributed by atoms with Crippen molar-refractivity contribution in [1.29, 1.82) is 0 Å². The number of esters is 1. The summed E-state index contributed by atoms with van der Waals surface area (Å²) in [5.41, 5.74) is 1.79. The lowest BCUT2D eigenvalue weighted by atomic mass is 10.1. The number of ether oxygens (including phenoxy) is 1. The second-order valence-electron chi connectivity index (χ2n) is 4.32. The molecule has 0 bridgehead atoms. The van der Waals surface area contributed by atoms with Gasteiger partial charge in [-0.3, -0.25) is 0 Å². The van der Waals surface area contributed by atoms with Crippen LogP contribution in [0.3, 0.4) is 0 Å². The van der Waals surface area contributed by atoms with Gasteiger partial charge in [0.2, 0.25) is 0 Å². The van der Waals surface area contributed by atoms with E-state index in [1.165, 1.54) is 0 Å². The van der Waals surface area contributed by atoms with Crippen molar-refractivity contribution in [2.45, 2.75) is 13.0 Å². The predicted molar refractivity (Wildman–Crippen MR) is 66.4 cm³/mol. The molecule has 0 fully saturated rings. The standard InChI is InChI=1S/C14H17NO2/c1-15-9-5-8-13(10-15)14(16)17-11-12-6-3-2-4-7-12/h2-4,6-8H,5,9-11H2,1H3. The minimum Gasteiger partial charge on any atom is -0.457 e. The molecule has 0 atom stereocenters. The predicted octanol–water partition coefficient (Wildman–Crippen LogP) is 1.99. The largest absolute Gasteiger partial charge is 0.457 e. The summed E-state index contributed by atoms with van der Waals surface area (Å²) in [7, 11) is 2.01. The lowest BCUT2D eigenvalue weighted by Gasteiger charge is -2.21. The van der Waals surface area contributed by atoms with Gasteiger partial charge in [-0.05, 0) is 19.0 Å². The summed E-state index contributed by atoms with van der Waals surface area (Å²) < 4.78 is 5.28. The van der Waals surface area contributed by atoms with Crippen LogP contribution in [-0.2, 0) is 16.1 Å². The van der Waals surface area contributed by atoms with E-state index in [9.17, 15) is 4.79 Å². The summed E-state index contributed by atoms with van der Waals surface area (Å²) in [5.74, 6) is -0.194. The molecule has 0 unspecified atom stereocenters. The molecule has 1 aliphatic heterocycles. The second kappa shape index (κ2) is 5.64. The molecule has 1 aliphatic rings. The first-order valence-electron chi connectivity index (χ1n) is 5.84. The van der Waals surface area contributed by atoms with Crippen molar-refractivity contribution in [2.24, 2.45) is 0 Å². The quantitative estimate of drug-likeness (QED) is 0.745. The Labute approximate surface area is 102 Å². The van der Waals surface area contributed by atoms with Gasteiger partial charge in [-0.25, -0.2) is 4.79 Å². The normalized spacial score (nSPS) is 16.4. The SMILES string of the molecule is CN1CCC=C(C(=O)OCc2ccccc2)C1. The maximum atomic E-state index is 11.8. The molecule has 0 aromatic heterocycles. The van der Waals surface area contributed by atoms with Crippen molar-refractivity contribution in [1.82, 2.24) is 4.90 Å². The van der Waals surface area contributed by atoms with Crippen LogP contribution in [0, 0.1) is 0 Å². The van der Waals surface area contributed by atoms with Gasteiger partial charge in [0.1, 0.15) is 6.61 Å². The molecule has 0 radical (unpaired) electrons. The summed E-state index contributed by atoms with van der Waals surface area (Å²) in [6.07, 6.45) is 2.90. The van der Waals surface area contributed by atoms with E-state index in [2.05, 4.69) is 4.90 Å². The van der Waals surface area contributed by atoms with Crippen molar-refractivity contribution in [3.05, 3.63) is 47.5 Å². The van der Waals surface area contributed by atoms with Crippen LogP contribution in [0.5, 0.6) is 0 Å². The highest BCUT2D eigenvalue weighted by Gasteiger charge is 2.16. The Morgan fingerprint density at radius 1 is 1.35 bits per heavy atom. The van der Waals surface area contributed by atoms with E-state index in [0.29, 0.717) is 13.2 Å². The Hall–Kier alpha value is -1.61. The fourth-order valence-corrected chi connectivity index (χ4v) is 1.86. The van der Waals surface area contributed by atoms with E-state index in [0.717, 1.165) is 24.1 Å².